The minimum absolute atomic E-state index is 0.233. The van der Waals surface area contributed by atoms with Crippen LogP contribution in [0.4, 0.5) is 4.39 Å². The Labute approximate surface area is 124 Å². The molecule has 0 saturated carbocycles. The van der Waals surface area contributed by atoms with E-state index in [1.165, 1.54) is 31.9 Å². The number of piperazine rings is 1. The van der Waals surface area contributed by atoms with E-state index in [1.807, 2.05) is 0 Å². The van der Waals surface area contributed by atoms with Gasteiger partial charge in [-0.15, -0.1) is 0 Å². The quantitative estimate of drug-likeness (QED) is 0.927. The Morgan fingerprint density at radius 1 is 1.29 bits per heavy atom. The molecule has 1 aromatic carbocycles. The number of rotatable bonds is 3. The van der Waals surface area contributed by atoms with E-state index < -0.39 is 11.8 Å². The molecule has 2 heterocycles. The smallest absolute Gasteiger partial charge is 0.338 e. The molecule has 0 amide bonds. The molecule has 0 spiro atoms. The summed E-state index contributed by atoms with van der Waals surface area (Å²) in [5.41, 5.74) is 0.253. The molecule has 2 aliphatic heterocycles. The van der Waals surface area contributed by atoms with Gasteiger partial charge in [-0.05, 0) is 25.5 Å². The second-order valence-corrected chi connectivity index (χ2v) is 6.00. The third-order valence-electron chi connectivity index (χ3n) is 4.62. The van der Waals surface area contributed by atoms with Crippen molar-refractivity contribution >= 4 is 5.97 Å². The zero-order chi connectivity index (χ0) is 14.8. The van der Waals surface area contributed by atoms with Crippen molar-refractivity contribution in [2.24, 2.45) is 0 Å². The topological polar surface area (TPSA) is 43.8 Å². The van der Waals surface area contributed by atoms with Crippen LogP contribution >= 0.6 is 0 Å². The number of aromatic carboxylic acids is 1. The highest BCUT2D eigenvalue weighted by Crippen LogP contribution is 2.23. The maximum Gasteiger partial charge on any atom is 0.338 e. The Balaban J connectivity index is 1.69. The Morgan fingerprint density at radius 3 is 2.95 bits per heavy atom. The number of carbonyl (C=O) groups is 1. The molecule has 2 aliphatic rings. The fourth-order valence-electron chi connectivity index (χ4n) is 3.47. The molecule has 2 fully saturated rings. The number of hydrogen-bond donors (Lipinski definition) is 1. The van der Waals surface area contributed by atoms with Crippen LogP contribution in [-0.4, -0.2) is 53.1 Å². The Morgan fingerprint density at radius 2 is 2.14 bits per heavy atom. The van der Waals surface area contributed by atoms with Gasteiger partial charge in [-0.25, -0.2) is 9.18 Å². The number of nitrogens with zero attached hydrogens (tertiary/aromatic N) is 2. The molecule has 1 aromatic rings. The summed E-state index contributed by atoms with van der Waals surface area (Å²) in [6, 6.07) is 5.21. The van der Waals surface area contributed by atoms with E-state index in [1.54, 1.807) is 12.1 Å². The first kappa shape index (κ1) is 14.5. The zero-order valence-corrected chi connectivity index (χ0v) is 12.1. The van der Waals surface area contributed by atoms with Gasteiger partial charge in [0.1, 0.15) is 5.82 Å². The van der Waals surface area contributed by atoms with Crippen LogP contribution in [0, 0.1) is 5.82 Å². The summed E-state index contributed by atoms with van der Waals surface area (Å²) in [5, 5.41) is 8.99. The van der Waals surface area contributed by atoms with Gasteiger partial charge in [0.25, 0.3) is 0 Å². The number of carboxylic acid groups (broad SMARTS) is 1. The summed E-state index contributed by atoms with van der Waals surface area (Å²) >= 11 is 0. The fourth-order valence-corrected chi connectivity index (χ4v) is 3.47. The fraction of sp³-hybridized carbons (Fsp3) is 0.562. The van der Waals surface area contributed by atoms with Gasteiger partial charge in [0.05, 0.1) is 5.56 Å². The molecule has 1 unspecified atom stereocenters. The average Bonchev–Trinajstić information content (AvgIpc) is 2.49. The molecule has 2 saturated heterocycles. The molecule has 114 valence electrons. The lowest BCUT2D eigenvalue weighted by Gasteiger charge is -2.44. The van der Waals surface area contributed by atoms with Crippen LogP contribution in [0.1, 0.15) is 35.2 Å². The van der Waals surface area contributed by atoms with E-state index in [4.69, 9.17) is 5.11 Å². The summed E-state index contributed by atoms with van der Waals surface area (Å²) in [7, 11) is 0. The molecule has 5 heteroatoms. The predicted molar refractivity (Wildman–Crippen MR) is 77.8 cm³/mol. The Kier molecular flexibility index (Phi) is 4.22. The minimum atomic E-state index is -1.20. The lowest BCUT2D eigenvalue weighted by atomic mass is 9.99. The van der Waals surface area contributed by atoms with Crippen LogP contribution in [0.5, 0.6) is 0 Å². The second kappa shape index (κ2) is 6.12. The summed E-state index contributed by atoms with van der Waals surface area (Å²) in [6.45, 7) is 4.59. The highest BCUT2D eigenvalue weighted by atomic mass is 19.1. The van der Waals surface area contributed by atoms with Crippen LogP contribution in [0.2, 0.25) is 0 Å². The van der Waals surface area contributed by atoms with Gasteiger partial charge in [-0.1, -0.05) is 18.6 Å². The Hall–Kier alpha value is -1.46. The van der Waals surface area contributed by atoms with Crippen molar-refractivity contribution in [2.45, 2.75) is 31.8 Å². The summed E-state index contributed by atoms with van der Waals surface area (Å²) < 4.78 is 14.2. The van der Waals surface area contributed by atoms with Gasteiger partial charge in [-0.2, -0.15) is 0 Å². The number of halogens is 1. The van der Waals surface area contributed by atoms with Crippen molar-refractivity contribution < 1.29 is 14.3 Å². The van der Waals surface area contributed by atoms with Crippen LogP contribution in [0.15, 0.2) is 18.2 Å². The molecule has 0 aromatic heterocycles. The molecule has 4 nitrogen and oxygen atoms in total. The normalized spacial score (nSPS) is 23.8. The third kappa shape index (κ3) is 3.09. The summed E-state index contributed by atoms with van der Waals surface area (Å²) in [4.78, 5) is 15.8. The van der Waals surface area contributed by atoms with Gasteiger partial charge < -0.3 is 5.11 Å². The van der Waals surface area contributed by atoms with Crippen molar-refractivity contribution in [1.29, 1.82) is 0 Å². The van der Waals surface area contributed by atoms with E-state index in [9.17, 15) is 9.18 Å². The highest BCUT2D eigenvalue weighted by Gasteiger charge is 2.29. The zero-order valence-electron chi connectivity index (χ0n) is 12.1. The van der Waals surface area contributed by atoms with Gasteiger partial charge >= 0.3 is 5.97 Å². The average molecular weight is 292 g/mol. The monoisotopic (exact) mass is 292 g/mol. The second-order valence-electron chi connectivity index (χ2n) is 6.00. The first-order valence-corrected chi connectivity index (χ1v) is 7.62. The van der Waals surface area contributed by atoms with Crippen molar-refractivity contribution in [3.05, 3.63) is 35.1 Å². The molecule has 1 atom stereocenters. The number of benzene rings is 1. The van der Waals surface area contributed by atoms with Crippen molar-refractivity contribution in [3.8, 4) is 0 Å². The van der Waals surface area contributed by atoms with Crippen LogP contribution in [0.3, 0.4) is 0 Å². The molecule has 1 N–H and O–H groups in total. The van der Waals surface area contributed by atoms with Gasteiger partial charge in [0.2, 0.25) is 0 Å². The first-order chi connectivity index (χ1) is 10.1. The van der Waals surface area contributed by atoms with Crippen LogP contribution in [-0.2, 0) is 6.54 Å². The molecule has 3 rings (SSSR count). The van der Waals surface area contributed by atoms with Crippen molar-refractivity contribution in [2.75, 3.05) is 26.2 Å². The standard InChI is InChI=1S/C16H21FN2O2/c17-15-12(4-3-6-14(15)16(20)21)10-18-8-9-19-7-2-1-5-13(19)11-18/h3-4,6,13H,1-2,5,7-11H2,(H,20,21). The predicted octanol–water partition coefficient (Wildman–Crippen LogP) is 2.19. The lowest BCUT2D eigenvalue weighted by Crippen LogP contribution is -2.54. The largest absolute Gasteiger partial charge is 0.478 e. The summed E-state index contributed by atoms with van der Waals surface area (Å²) in [6.07, 6.45) is 3.78. The van der Waals surface area contributed by atoms with E-state index in [2.05, 4.69) is 9.80 Å². The van der Waals surface area contributed by atoms with Crippen LogP contribution < -0.4 is 0 Å². The molecular formula is C16H21FN2O2. The highest BCUT2D eigenvalue weighted by molar-refractivity contribution is 5.88. The van der Waals surface area contributed by atoms with Crippen molar-refractivity contribution in [1.82, 2.24) is 9.80 Å². The summed E-state index contributed by atoms with van der Waals surface area (Å²) in [5.74, 6) is -1.79. The SMILES string of the molecule is O=C(O)c1cccc(CN2CCN3CCCCC3C2)c1F. The van der Waals surface area contributed by atoms with Gasteiger partial charge in [-0.3, -0.25) is 9.80 Å². The lowest BCUT2D eigenvalue weighted by molar-refractivity contribution is 0.0451. The number of fused-ring (bicyclic) bond motifs is 1. The molecular weight excluding hydrogens is 271 g/mol. The maximum absolute atomic E-state index is 14.2. The number of hydrogen-bond acceptors (Lipinski definition) is 3. The minimum Gasteiger partial charge on any atom is -0.478 e. The first-order valence-electron chi connectivity index (χ1n) is 7.62. The molecule has 0 bridgehead atoms. The number of piperidine rings is 1. The molecule has 0 aliphatic carbocycles. The van der Waals surface area contributed by atoms with E-state index in [0.29, 0.717) is 18.2 Å². The van der Waals surface area contributed by atoms with E-state index in [0.717, 1.165) is 19.6 Å². The maximum atomic E-state index is 14.2. The Bertz CT molecular complexity index is 535. The van der Waals surface area contributed by atoms with E-state index in [-0.39, 0.29) is 5.56 Å². The van der Waals surface area contributed by atoms with Crippen LogP contribution in [0.25, 0.3) is 0 Å². The van der Waals surface area contributed by atoms with Gasteiger partial charge in [0.15, 0.2) is 0 Å². The van der Waals surface area contributed by atoms with Crippen molar-refractivity contribution in [3.63, 3.8) is 0 Å². The number of carboxylic acids is 1. The molecule has 0 radical (unpaired) electrons. The third-order valence-corrected chi connectivity index (χ3v) is 4.62. The van der Waals surface area contributed by atoms with Gasteiger partial charge in [0, 0.05) is 37.8 Å². The molecule has 21 heavy (non-hydrogen) atoms. The van der Waals surface area contributed by atoms with E-state index >= 15 is 0 Å².